The van der Waals surface area contributed by atoms with Crippen molar-refractivity contribution in [3.63, 3.8) is 0 Å². The second-order valence-corrected chi connectivity index (χ2v) is 7.86. The summed E-state index contributed by atoms with van der Waals surface area (Å²) < 4.78 is 1.68. The predicted octanol–water partition coefficient (Wildman–Crippen LogP) is 3.37. The lowest BCUT2D eigenvalue weighted by Gasteiger charge is -2.25. The Bertz CT molecular complexity index is 1420. The van der Waals surface area contributed by atoms with Crippen LogP contribution in [0.3, 0.4) is 0 Å². The molecule has 0 aliphatic carbocycles. The van der Waals surface area contributed by atoms with Crippen molar-refractivity contribution < 1.29 is 19.8 Å². The van der Waals surface area contributed by atoms with E-state index in [0.717, 1.165) is 5.56 Å². The fraction of sp³-hybridized carbons (Fsp3) is 0.120. The number of aryl methyl sites for hydroxylation is 1. The van der Waals surface area contributed by atoms with Crippen LogP contribution in [0, 0.1) is 6.92 Å². The summed E-state index contributed by atoms with van der Waals surface area (Å²) in [6.07, 6.45) is 4.98. The molecule has 1 aromatic carbocycles. The standard InChI is InChI=1S/C25H20N4O4/c1-15-21(28-11-3-2-9-19(28)27-15)23(31)20-22(17-7-4-8-18(30)12-17)29(25(33)24(20)32)14-16-6-5-10-26-13-16/h2-13,22,30-31H,14H2,1H3/b23-20+. The number of aliphatic hydroxyl groups excluding tert-OH is 1. The van der Waals surface area contributed by atoms with Crippen molar-refractivity contribution in [2.45, 2.75) is 19.5 Å². The van der Waals surface area contributed by atoms with E-state index in [1.165, 1.54) is 17.0 Å². The summed E-state index contributed by atoms with van der Waals surface area (Å²) in [5.41, 5.74) is 2.65. The van der Waals surface area contributed by atoms with Gasteiger partial charge in [-0.25, -0.2) is 4.98 Å². The van der Waals surface area contributed by atoms with Crippen LogP contribution in [0.5, 0.6) is 5.75 Å². The number of amides is 1. The molecule has 8 nitrogen and oxygen atoms in total. The van der Waals surface area contributed by atoms with Crippen LogP contribution in [0.4, 0.5) is 0 Å². The van der Waals surface area contributed by atoms with Crippen LogP contribution in [0.2, 0.25) is 0 Å². The molecule has 0 radical (unpaired) electrons. The van der Waals surface area contributed by atoms with Gasteiger partial charge in [-0.3, -0.25) is 19.0 Å². The first-order valence-electron chi connectivity index (χ1n) is 10.4. The number of benzene rings is 1. The number of fused-ring (bicyclic) bond motifs is 1. The Morgan fingerprint density at radius 1 is 1.09 bits per heavy atom. The number of imidazole rings is 1. The van der Waals surface area contributed by atoms with Crippen molar-refractivity contribution in [2.75, 3.05) is 0 Å². The Morgan fingerprint density at radius 3 is 2.70 bits per heavy atom. The first-order chi connectivity index (χ1) is 16.0. The van der Waals surface area contributed by atoms with Crippen molar-refractivity contribution in [2.24, 2.45) is 0 Å². The number of aliphatic hydroxyl groups is 1. The third-order valence-corrected chi connectivity index (χ3v) is 5.73. The van der Waals surface area contributed by atoms with Gasteiger partial charge in [0.1, 0.15) is 17.1 Å². The number of aromatic hydroxyl groups is 1. The van der Waals surface area contributed by atoms with E-state index < -0.39 is 17.7 Å². The maximum Gasteiger partial charge on any atom is 0.295 e. The summed E-state index contributed by atoms with van der Waals surface area (Å²) in [5.74, 6) is -1.85. The van der Waals surface area contributed by atoms with E-state index in [0.29, 0.717) is 22.6 Å². The number of hydrogen-bond donors (Lipinski definition) is 2. The number of aromatic nitrogens is 3. The normalized spacial score (nSPS) is 17.7. The minimum absolute atomic E-state index is 0.00884. The van der Waals surface area contributed by atoms with Crippen LogP contribution in [0.25, 0.3) is 11.4 Å². The lowest BCUT2D eigenvalue weighted by Crippen LogP contribution is -2.29. The molecule has 164 valence electrons. The number of pyridine rings is 2. The molecule has 2 N–H and O–H groups in total. The summed E-state index contributed by atoms with van der Waals surface area (Å²) in [7, 11) is 0. The number of rotatable bonds is 4. The molecule has 8 heteroatoms. The Kier molecular flexibility index (Phi) is 4.90. The molecule has 4 heterocycles. The summed E-state index contributed by atoms with van der Waals surface area (Å²) in [5, 5.41) is 21.5. The van der Waals surface area contributed by atoms with Crippen LogP contribution in [0.1, 0.15) is 28.6 Å². The van der Waals surface area contributed by atoms with Crippen LogP contribution < -0.4 is 0 Å². The molecule has 1 fully saturated rings. The molecular weight excluding hydrogens is 420 g/mol. The van der Waals surface area contributed by atoms with Crippen molar-refractivity contribution in [3.8, 4) is 5.75 Å². The third kappa shape index (κ3) is 3.41. The van der Waals surface area contributed by atoms with Crippen LogP contribution in [-0.4, -0.2) is 41.2 Å². The van der Waals surface area contributed by atoms with Crippen molar-refractivity contribution >= 4 is 23.1 Å². The first kappa shape index (κ1) is 20.4. The maximum atomic E-state index is 13.2. The molecule has 1 unspecified atom stereocenters. The molecule has 1 saturated heterocycles. The average Bonchev–Trinajstić information content (AvgIpc) is 3.28. The van der Waals surface area contributed by atoms with E-state index in [4.69, 9.17) is 0 Å². The quantitative estimate of drug-likeness (QED) is 0.286. The second kappa shape index (κ2) is 7.90. The number of nitrogens with zero attached hydrogens (tertiary/aromatic N) is 4. The van der Waals surface area contributed by atoms with Gasteiger partial charge in [-0.05, 0) is 48.4 Å². The number of Topliss-reactive ketones (excluding diaryl/α,β-unsaturated/α-hetero) is 1. The van der Waals surface area contributed by atoms with E-state index in [1.807, 2.05) is 6.07 Å². The number of ketones is 1. The lowest BCUT2D eigenvalue weighted by molar-refractivity contribution is -0.140. The predicted molar refractivity (Wildman–Crippen MR) is 120 cm³/mol. The van der Waals surface area contributed by atoms with E-state index in [-0.39, 0.29) is 23.6 Å². The van der Waals surface area contributed by atoms with E-state index in [9.17, 15) is 19.8 Å². The summed E-state index contributed by atoms with van der Waals surface area (Å²) in [4.78, 5) is 36.3. The third-order valence-electron chi connectivity index (χ3n) is 5.73. The second-order valence-electron chi connectivity index (χ2n) is 7.86. The highest BCUT2D eigenvalue weighted by Crippen LogP contribution is 2.41. The molecule has 0 spiro atoms. The number of likely N-dealkylation sites (tertiary alicyclic amines) is 1. The zero-order valence-electron chi connectivity index (χ0n) is 17.7. The Balaban J connectivity index is 1.73. The zero-order valence-corrected chi connectivity index (χ0v) is 17.7. The fourth-order valence-corrected chi connectivity index (χ4v) is 4.30. The zero-order chi connectivity index (χ0) is 23.1. The molecule has 0 saturated carbocycles. The van der Waals surface area contributed by atoms with Crippen LogP contribution in [-0.2, 0) is 16.1 Å². The fourth-order valence-electron chi connectivity index (χ4n) is 4.30. The van der Waals surface area contributed by atoms with Crippen LogP contribution in [0.15, 0.2) is 78.8 Å². The minimum atomic E-state index is -0.897. The Labute approximate surface area is 189 Å². The molecule has 1 aliphatic heterocycles. The molecular formula is C25H20N4O4. The number of phenols is 1. The van der Waals surface area contributed by atoms with Gasteiger partial charge in [0.2, 0.25) is 0 Å². The molecule has 1 atom stereocenters. The van der Waals surface area contributed by atoms with Gasteiger partial charge in [-0.1, -0.05) is 24.3 Å². The smallest absolute Gasteiger partial charge is 0.295 e. The van der Waals surface area contributed by atoms with Crippen molar-refractivity contribution in [3.05, 3.63) is 101 Å². The van der Waals surface area contributed by atoms with E-state index >= 15 is 0 Å². The van der Waals surface area contributed by atoms with Gasteiger partial charge in [0.05, 0.1) is 17.3 Å². The summed E-state index contributed by atoms with van der Waals surface area (Å²) in [6.45, 7) is 1.85. The monoisotopic (exact) mass is 440 g/mol. The Hall–Kier alpha value is -4.46. The topological polar surface area (TPSA) is 108 Å². The van der Waals surface area contributed by atoms with Gasteiger partial charge in [0.15, 0.2) is 5.76 Å². The lowest BCUT2D eigenvalue weighted by atomic mass is 9.96. The minimum Gasteiger partial charge on any atom is -0.508 e. The largest absolute Gasteiger partial charge is 0.508 e. The molecule has 5 rings (SSSR count). The first-order valence-corrected chi connectivity index (χ1v) is 10.4. The van der Waals surface area contributed by atoms with Gasteiger partial charge < -0.3 is 15.1 Å². The number of phenolic OH excluding ortho intramolecular Hbond substituents is 1. The van der Waals surface area contributed by atoms with Crippen LogP contribution >= 0.6 is 0 Å². The van der Waals surface area contributed by atoms with Gasteiger partial charge in [-0.15, -0.1) is 0 Å². The maximum absolute atomic E-state index is 13.2. The van der Waals surface area contributed by atoms with Crippen molar-refractivity contribution in [1.82, 2.24) is 19.3 Å². The average molecular weight is 440 g/mol. The highest BCUT2D eigenvalue weighted by atomic mass is 16.3. The summed E-state index contributed by atoms with van der Waals surface area (Å²) in [6, 6.07) is 14.4. The molecule has 4 aromatic rings. The Morgan fingerprint density at radius 2 is 1.94 bits per heavy atom. The molecule has 0 bridgehead atoms. The van der Waals surface area contributed by atoms with E-state index in [2.05, 4.69) is 9.97 Å². The summed E-state index contributed by atoms with van der Waals surface area (Å²) >= 11 is 0. The van der Waals surface area contributed by atoms with Crippen molar-refractivity contribution in [1.29, 1.82) is 0 Å². The van der Waals surface area contributed by atoms with Gasteiger partial charge in [0.25, 0.3) is 11.7 Å². The van der Waals surface area contributed by atoms with Gasteiger partial charge in [0, 0.05) is 25.1 Å². The highest BCUT2D eigenvalue weighted by molar-refractivity contribution is 6.46. The molecule has 33 heavy (non-hydrogen) atoms. The van der Waals surface area contributed by atoms with E-state index in [1.54, 1.807) is 66.3 Å². The highest BCUT2D eigenvalue weighted by Gasteiger charge is 2.46. The number of hydrogen-bond acceptors (Lipinski definition) is 6. The molecule has 1 amide bonds. The number of carbonyl (C=O) groups excluding carboxylic acids is 2. The SMILES string of the molecule is Cc1nc2ccccn2c1/C(O)=C1\C(=O)C(=O)N(Cc2cccnc2)C1c1cccc(O)c1. The number of carbonyl (C=O) groups is 2. The molecule has 1 aliphatic rings. The molecule has 3 aromatic heterocycles. The van der Waals surface area contributed by atoms with Gasteiger partial charge in [-0.2, -0.15) is 0 Å². The van der Waals surface area contributed by atoms with Gasteiger partial charge >= 0.3 is 0 Å².